The van der Waals surface area contributed by atoms with Crippen molar-refractivity contribution in [1.82, 2.24) is 5.32 Å². The van der Waals surface area contributed by atoms with Crippen molar-refractivity contribution in [3.05, 3.63) is 22.4 Å². The monoisotopic (exact) mass is 195 g/mol. The molecule has 0 spiro atoms. The summed E-state index contributed by atoms with van der Waals surface area (Å²) in [4.78, 5) is 0. The molecule has 3 atom stereocenters. The van der Waals surface area contributed by atoms with Gasteiger partial charge in [0.15, 0.2) is 0 Å². The first-order valence-electron chi connectivity index (χ1n) is 5.02. The van der Waals surface area contributed by atoms with E-state index in [1.165, 1.54) is 12.8 Å². The molecule has 1 N–H and O–H groups in total. The maximum absolute atomic E-state index is 3.41. The summed E-state index contributed by atoms with van der Waals surface area (Å²) in [5, 5.41) is 7.90. The second-order valence-corrected chi connectivity index (χ2v) is 4.77. The van der Waals surface area contributed by atoms with Crippen LogP contribution in [0.4, 0.5) is 0 Å². The lowest BCUT2D eigenvalue weighted by molar-refractivity contribution is 0.429. The molecule has 13 heavy (non-hydrogen) atoms. The summed E-state index contributed by atoms with van der Waals surface area (Å²) in [5.74, 6) is 1.59. The standard InChI is InChI=1S/C11H17NS/c1-8-10(3-4-11(8)12-2)9-5-6-13-7-9/h5-8,10-12H,3-4H2,1-2H3/t8-,10+,11-/m1/s1. The van der Waals surface area contributed by atoms with E-state index in [0.717, 1.165) is 17.9 Å². The highest BCUT2D eigenvalue weighted by Gasteiger charge is 2.32. The zero-order valence-electron chi connectivity index (χ0n) is 8.29. The van der Waals surface area contributed by atoms with Gasteiger partial charge < -0.3 is 5.32 Å². The Kier molecular flexibility index (Phi) is 2.70. The average Bonchev–Trinajstić information content (AvgIpc) is 2.72. The minimum absolute atomic E-state index is 0.727. The Labute approximate surface area is 84.2 Å². The molecule has 0 amide bonds. The molecule has 0 aliphatic heterocycles. The zero-order valence-corrected chi connectivity index (χ0v) is 9.10. The molecule has 0 radical (unpaired) electrons. The Hall–Kier alpha value is -0.340. The molecule has 1 saturated carbocycles. The Morgan fingerprint density at radius 3 is 2.85 bits per heavy atom. The van der Waals surface area contributed by atoms with Crippen molar-refractivity contribution < 1.29 is 0 Å². The van der Waals surface area contributed by atoms with E-state index in [1.807, 2.05) is 11.3 Å². The molecule has 0 bridgehead atoms. The topological polar surface area (TPSA) is 12.0 Å². The van der Waals surface area contributed by atoms with E-state index < -0.39 is 0 Å². The normalized spacial score (nSPS) is 33.8. The molecule has 1 nitrogen and oxygen atoms in total. The van der Waals surface area contributed by atoms with Crippen LogP contribution in [0.3, 0.4) is 0 Å². The minimum atomic E-state index is 0.727. The van der Waals surface area contributed by atoms with Crippen molar-refractivity contribution >= 4 is 11.3 Å². The smallest absolute Gasteiger partial charge is 0.00957 e. The summed E-state index contributed by atoms with van der Waals surface area (Å²) in [5.41, 5.74) is 1.55. The fraction of sp³-hybridized carbons (Fsp3) is 0.636. The third kappa shape index (κ3) is 1.65. The summed E-state index contributed by atoms with van der Waals surface area (Å²) >= 11 is 1.82. The second kappa shape index (κ2) is 3.81. The molecule has 1 aliphatic rings. The molecule has 72 valence electrons. The molecule has 1 fully saturated rings. The van der Waals surface area contributed by atoms with Crippen LogP contribution in [0.2, 0.25) is 0 Å². The van der Waals surface area contributed by atoms with Crippen LogP contribution in [-0.4, -0.2) is 13.1 Å². The van der Waals surface area contributed by atoms with Crippen LogP contribution >= 0.6 is 11.3 Å². The zero-order chi connectivity index (χ0) is 9.26. The number of hydrogen-bond acceptors (Lipinski definition) is 2. The minimum Gasteiger partial charge on any atom is -0.317 e. The summed E-state index contributed by atoms with van der Waals surface area (Å²) in [6.07, 6.45) is 2.68. The van der Waals surface area contributed by atoms with Crippen LogP contribution < -0.4 is 5.32 Å². The first kappa shape index (κ1) is 9.22. The van der Waals surface area contributed by atoms with E-state index in [9.17, 15) is 0 Å². The largest absolute Gasteiger partial charge is 0.317 e. The van der Waals surface area contributed by atoms with Crippen LogP contribution in [0.5, 0.6) is 0 Å². The molecule has 1 heterocycles. The van der Waals surface area contributed by atoms with Crippen molar-refractivity contribution in [2.75, 3.05) is 7.05 Å². The lowest BCUT2D eigenvalue weighted by Crippen LogP contribution is -2.28. The highest BCUT2D eigenvalue weighted by Crippen LogP contribution is 2.39. The van der Waals surface area contributed by atoms with Gasteiger partial charge in [0.1, 0.15) is 0 Å². The van der Waals surface area contributed by atoms with Crippen molar-refractivity contribution in [3.63, 3.8) is 0 Å². The lowest BCUT2D eigenvalue weighted by Gasteiger charge is -2.19. The van der Waals surface area contributed by atoms with E-state index in [1.54, 1.807) is 5.56 Å². The molecule has 1 aromatic heterocycles. The Bertz CT molecular complexity index is 255. The van der Waals surface area contributed by atoms with Crippen LogP contribution in [0.25, 0.3) is 0 Å². The van der Waals surface area contributed by atoms with Gasteiger partial charge in [-0.3, -0.25) is 0 Å². The van der Waals surface area contributed by atoms with E-state index in [4.69, 9.17) is 0 Å². The fourth-order valence-corrected chi connectivity index (χ4v) is 3.25. The Balaban J connectivity index is 2.11. The molecule has 0 unspecified atom stereocenters. The molecule has 1 aromatic rings. The fourth-order valence-electron chi connectivity index (χ4n) is 2.53. The van der Waals surface area contributed by atoms with Gasteiger partial charge in [-0.05, 0) is 54.1 Å². The third-order valence-electron chi connectivity index (χ3n) is 3.40. The highest BCUT2D eigenvalue weighted by molar-refractivity contribution is 7.07. The van der Waals surface area contributed by atoms with Crippen LogP contribution in [-0.2, 0) is 0 Å². The van der Waals surface area contributed by atoms with Gasteiger partial charge >= 0.3 is 0 Å². The predicted octanol–water partition coefficient (Wildman–Crippen LogP) is 2.85. The van der Waals surface area contributed by atoms with Gasteiger partial charge in [0.2, 0.25) is 0 Å². The molecule has 2 heteroatoms. The second-order valence-electron chi connectivity index (χ2n) is 3.99. The molecule has 0 saturated heterocycles. The molecular weight excluding hydrogens is 178 g/mol. The number of rotatable bonds is 2. The Morgan fingerprint density at radius 2 is 2.31 bits per heavy atom. The van der Waals surface area contributed by atoms with Crippen molar-refractivity contribution in [1.29, 1.82) is 0 Å². The van der Waals surface area contributed by atoms with Gasteiger partial charge in [-0.2, -0.15) is 11.3 Å². The van der Waals surface area contributed by atoms with E-state index in [2.05, 4.69) is 36.1 Å². The third-order valence-corrected chi connectivity index (χ3v) is 4.10. The van der Waals surface area contributed by atoms with E-state index in [-0.39, 0.29) is 0 Å². The predicted molar refractivity (Wildman–Crippen MR) is 58.3 cm³/mol. The van der Waals surface area contributed by atoms with E-state index in [0.29, 0.717) is 0 Å². The SMILES string of the molecule is CN[C@@H]1CC[C@H](c2ccsc2)[C@H]1C. The van der Waals surface area contributed by atoms with Gasteiger partial charge in [-0.25, -0.2) is 0 Å². The van der Waals surface area contributed by atoms with Gasteiger partial charge in [0.05, 0.1) is 0 Å². The van der Waals surface area contributed by atoms with Crippen LogP contribution in [0.15, 0.2) is 16.8 Å². The van der Waals surface area contributed by atoms with Crippen molar-refractivity contribution in [2.45, 2.75) is 31.7 Å². The van der Waals surface area contributed by atoms with Crippen LogP contribution in [0.1, 0.15) is 31.2 Å². The number of thiophene rings is 1. The van der Waals surface area contributed by atoms with Crippen molar-refractivity contribution in [2.24, 2.45) is 5.92 Å². The molecule has 2 rings (SSSR count). The molecular formula is C11H17NS. The lowest BCUT2D eigenvalue weighted by atomic mass is 9.91. The summed E-state index contributed by atoms with van der Waals surface area (Å²) < 4.78 is 0. The van der Waals surface area contributed by atoms with Gasteiger partial charge in [-0.1, -0.05) is 6.92 Å². The quantitative estimate of drug-likeness (QED) is 0.765. The van der Waals surface area contributed by atoms with Crippen LogP contribution in [0, 0.1) is 5.92 Å². The first-order valence-corrected chi connectivity index (χ1v) is 5.96. The van der Waals surface area contributed by atoms with Gasteiger partial charge in [0.25, 0.3) is 0 Å². The summed E-state index contributed by atoms with van der Waals surface area (Å²) in [6.45, 7) is 2.37. The average molecular weight is 195 g/mol. The highest BCUT2D eigenvalue weighted by atomic mass is 32.1. The van der Waals surface area contributed by atoms with E-state index >= 15 is 0 Å². The number of hydrogen-bond donors (Lipinski definition) is 1. The molecule has 0 aromatic carbocycles. The first-order chi connectivity index (χ1) is 6.33. The maximum Gasteiger partial charge on any atom is 0.00957 e. The Morgan fingerprint density at radius 1 is 1.46 bits per heavy atom. The summed E-state index contributed by atoms with van der Waals surface area (Å²) in [6, 6.07) is 3.01. The molecule has 1 aliphatic carbocycles. The van der Waals surface area contributed by atoms with Gasteiger partial charge in [-0.15, -0.1) is 0 Å². The van der Waals surface area contributed by atoms with Crippen molar-refractivity contribution in [3.8, 4) is 0 Å². The number of nitrogens with one attached hydrogen (secondary N) is 1. The maximum atomic E-state index is 3.41. The van der Waals surface area contributed by atoms with Gasteiger partial charge in [0, 0.05) is 6.04 Å². The summed E-state index contributed by atoms with van der Waals surface area (Å²) in [7, 11) is 2.08.